The van der Waals surface area contributed by atoms with Gasteiger partial charge in [-0.2, -0.15) is 5.10 Å². The fourth-order valence-electron chi connectivity index (χ4n) is 1.14. The number of aromatic nitrogens is 2. The lowest BCUT2D eigenvalue weighted by molar-refractivity contribution is 0.0576. The van der Waals surface area contributed by atoms with Crippen molar-refractivity contribution in [2.75, 3.05) is 6.61 Å². The van der Waals surface area contributed by atoms with Crippen molar-refractivity contribution in [3.8, 4) is 0 Å². The Kier molecular flexibility index (Phi) is 3.83. The molecule has 1 rings (SSSR count). The summed E-state index contributed by atoms with van der Waals surface area (Å²) in [5, 5.41) is 4.02. The van der Waals surface area contributed by atoms with Crippen molar-refractivity contribution >= 4 is 5.78 Å². The van der Waals surface area contributed by atoms with Gasteiger partial charge in [0, 0.05) is 12.7 Å². The molecule has 1 aromatic heterocycles. The molecule has 4 heteroatoms. The highest BCUT2D eigenvalue weighted by Gasteiger charge is 2.11. The van der Waals surface area contributed by atoms with Crippen LogP contribution in [0.4, 0.5) is 0 Å². The third-order valence-corrected chi connectivity index (χ3v) is 1.85. The molecule has 0 aliphatic carbocycles. The molecule has 0 aromatic carbocycles. The number of hydrogen-bond acceptors (Lipinski definition) is 3. The van der Waals surface area contributed by atoms with Crippen LogP contribution in [0, 0.1) is 0 Å². The summed E-state index contributed by atoms with van der Waals surface area (Å²) in [6.45, 7) is 6.60. The Hall–Kier alpha value is -1.16. The van der Waals surface area contributed by atoms with E-state index in [9.17, 15) is 4.79 Å². The molecule has 0 amide bonds. The maximum Gasteiger partial charge on any atom is 0.206 e. The number of carbonyl (C=O) groups is 1. The smallest absolute Gasteiger partial charge is 0.206 e. The number of hydrogen-bond donors (Lipinski definition) is 0. The van der Waals surface area contributed by atoms with E-state index in [2.05, 4.69) is 5.10 Å². The average Bonchev–Trinajstić information content (AvgIpc) is 2.61. The standard InChI is InChI=1S/C10H16N2O2/c1-4-12-9(5-6-11-12)10(13)7-14-8(2)3/h5-6,8H,4,7H2,1-3H3. The molecular weight excluding hydrogens is 180 g/mol. The first-order valence-corrected chi connectivity index (χ1v) is 4.81. The van der Waals surface area contributed by atoms with Crippen LogP contribution in [0.3, 0.4) is 0 Å². The van der Waals surface area contributed by atoms with Gasteiger partial charge < -0.3 is 4.74 Å². The summed E-state index contributed by atoms with van der Waals surface area (Å²) >= 11 is 0. The van der Waals surface area contributed by atoms with E-state index < -0.39 is 0 Å². The van der Waals surface area contributed by atoms with Crippen LogP contribution in [0.25, 0.3) is 0 Å². The third-order valence-electron chi connectivity index (χ3n) is 1.85. The van der Waals surface area contributed by atoms with Crippen LogP contribution in [0.2, 0.25) is 0 Å². The molecule has 0 atom stereocenters. The molecule has 0 spiro atoms. The van der Waals surface area contributed by atoms with Crippen LogP contribution in [0.1, 0.15) is 31.3 Å². The number of ether oxygens (including phenoxy) is 1. The van der Waals surface area contributed by atoms with Gasteiger partial charge in [0.15, 0.2) is 0 Å². The summed E-state index contributed by atoms with van der Waals surface area (Å²) in [7, 11) is 0. The molecule has 0 saturated heterocycles. The van der Waals surface area contributed by atoms with Crippen molar-refractivity contribution in [1.29, 1.82) is 0 Å². The Bertz CT molecular complexity index is 305. The second kappa shape index (κ2) is 4.91. The third kappa shape index (κ3) is 2.67. The first-order chi connectivity index (χ1) is 6.65. The molecule has 0 N–H and O–H groups in total. The quantitative estimate of drug-likeness (QED) is 0.670. The van der Waals surface area contributed by atoms with Crippen molar-refractivity contribution < 1.29 is 9.53 Å². The summed E-state index contributed by atoms with van der Waals surface area (Å²) in [5.41, 5.74) is 0.619. The lowest BCUT2D eigenvalue weighted by atomic mass is 10.3. The molecule has 0 aliphatic rings. The van der Waals surface area contributed by atoms with Crippen molar-refractivity contribution in [3.05, 3.63) is 18.0 Å². The number of Topliss-reactive ketones (excluding diaryl/α,β-unsaturated/α-hetero) is 1. The average molecular weight is 196 g/mol. The van der Waals surface area contributed by atoms with Gasteiger partial charge in [-0.25, -0.2) is 0 Å². The van der Waals surface area contributed by atoms with E-state index in [4.69, 9.17) is 4.74 Å². The molecule has 0 unspecified atom stereocenters. The van der Waals surface area contributed by atoms with Gasteiger partial charge in [-0.05, 0) is 26.8 Å². The number of rotatable bonds is 5. The summed E-state index contributed by atoms with van der Waals surface area (Å²) in [4.78, 5) is 11.6. The van der Waals surface area contributed by atoms with Gasteiger partial charge in [-0.1, -0.05) is 0 Å². The highest BCUT2D eigenvalue weighted by molar-refractivity contribution is 5.95. The zero-order valence-corrected chi connectivity index (χ0v) is 8.86. The van der Waals surface area contributed by atoms with Crippen molar-refractivity contribution in [2.45, 2.75) is 33.4 Å². The van der Waals surface area contributed by atoms with Gasteiger partial charge in [-0.3, -0.25) is 9.48 Å². The first-order valence-electron chi connectivity index (χ1n) is 4.81. The van der Waals surface area contributed by atoms with Crippen LogP contribution in [-0.2, 0) is 11.3 Å². The summed E-state index contributed by atoms with van der Waals surface area (Å²) in [6.07, 6.45) is 1.71. The molecule has 0 radical (unpaired) electrons. The van der Waals surface area contributed by atoms with Gasteiger partial charge in [0.25, 0.3) is 0 Å². The van der Waals surface area contributed by atoms with E-state index in [0.29, 0.717) is 12.2 Å². The summed E-state index contributed by atoms with van der Waals surface area (Å²) in [5.74, 6) is -0.0157. The van der Waals surface area contributed by atoms with Crippen LogP contribution in [-0.4, -0.2) is 28.3 Å². The SMILES string of the molecule is CCn1nccc1C(=O)COC(C)C. The number of ketones is 1. The van der Waals surface area contributed by atoms with E-state index in [1.165, 1.54) is 0 Å². The lowest BCUT2D eigenvalue weighted by Gasteiger charge is -2.07. The Balaban J connectivity index is 2.60. The second-order valence-electron chi connectivity index (χ2n) is 3.32. The predicted octanol–water partition coefficient (Wildman–Crippen LogP) is 1.51. The molecule has 4 nitrogen and oxygen atoms in total. The lowest BCUT2D eigenvalue weighted by Crippen LogP contribution is -2.17. The van der Waals surface area contributed by atoms with Crippen molar-refractivity contribution in [3.63, 3.8) is 0 Å². The molecule has 78 valence electrons. The normalized spacial score (nSPS) is 10.9. The van der Waals surface area contributed by atoms with E-state index in [0.717, 1.165) is 0 Å². The minimum Gasteiger partial charge on any atom is -0.371 e. The molecule has 0 aliphatic heterocycles. The van der Waals surface area contributed by atoms with E-state index >= 15 is 0 Å². The van der Waals surface area contributed by atoms with Gasteiger partial charge in [-0.15, -0.1) is 0 Å². The fourth-order valence-corrected chi connectivity index (χ4v) is 1.14. The number of aryl methyl sites for hydroxylation is 1. The largest absolute Gasteiger partial charge is 0.371 e. The molecule has 1 aromatic rings. The Morgan fingerprint density at radius 1 is 1.64 bits per heavy atom. The number of carbonyl (C=O) groups excluding carboxylic acids is 1. The maximum atomic E-state index is 11.6. The van der Waals surface area contributed by atoms with Gasteiger partial charge in [0.1, 0.15) is 12.3 Å². The van der Waals surface area contributed by atoms with E-state index in [-0.39, 0.29) is 18.5 Å². The molecule has 1 heterocycles. The highest BCUT2D eigenvalue weighted by Crippen LogP contribution is 2.01. The van der Waals surface area contributed by atoms with Crippen molar-refractivity contribution in [2.24, 2.45) is 0 Å². The Morgan fingerprint density at radius 3 is 2.93 bits per heavy atom. The van der Waals surface area contributed by atoms with Gasteiger partial charge in [0.05, 0.1) is 6.10 Å². The van der Waals surface area contributed by atoms with E-state index in [1.807, 2.05) is 20.8 Å². The summed E-state index contributed by atoms with van der Waals surface area (Å²) in [6, 6.07) is 1.72. The molecule has 0 bridgehead atoms. The minimum atomic E-state index is -0.0157. The van der Waals surface area contributed by atoms with Crippen molar-refractivity contribution in [1.82, 2.24) is 9.78 Å². The summed E-state index contributed by atoms with van der Waals surface area (Å²) < 4.78 is 6.91. The van der Waals surface area contributed by atoms with Crippen LogP contribution >= 0.6 is 0 Å². The van der Waals surface area contributed by atoms with Gasteiger partial charge in [0.2, 0.25) is 5.78 Å². The number of nitrogens with zero attached hydrogens (tertiary/aromatic N) is 2. The monoisotopic (exact) mass is 196 g/mol. The first kappa shape index (κ1) is 10.9. The minimum absolute atomic E-state index is 0.0157. The Morgan fingerprint density at radius 2 is 2.36 bits per heavy atom. The van der Waals surface area contributed by atoms with Crippen LogP contribution < -0.4 is 0 Å². The predicted molar refractivity (Wildman–Crippen MR) is 53.3 cm³/mol. The molecule has 0 fully saturated rings. The molecular formula is C10H16N2O2. The molecule has 0 saturated carbocycles. The fraction of sp³-hybridized carbons (Fsp3) is 0.600. The van der Waals surface area contributed by atoms with Gasteiger partial charge >= 0.3 is 0 Å². The van der Waals surface area contributed by atoms with Crippen LogP contribution in [0.15, 0.2) is 12.3 Å². The zero-order valence-electron chi connectivity index (χ0n) is 8.86. The zero-order chi connectivity index (χ0) is 10.6. The maximum absolute atomic E-state index is 11.6. The second-order valence-corrected chi connectivity index (χ2v) is 3.32. The topological polar surface area (TPSA) is 44.1 Å². The Labute approximate surface area is 83.9 Å². The van der Waals surface area contributed by atoms with Crippen LogP contribution in [0.5, 0.6) is 0 Å². The molecule has 14 heavy (non-hydrogen) atoms. The van der Waals surface area contributed by atoms with E-state index in [1.54, 1.807) is 16.9 Å². The highest BCUT2D eigenvalue weighted by atomic mass is 16.5.